The van der Waals surface area contributed by atoms with Crippen LogP contribution in [0.5, 0.6) is 0 Å². The van der Waals surface area contributed by atoms with Crippen LogP contribution in [-0.4, -0.2) is 17.6 Å². The SMILES string of the molecule is CC(O)(CNC(=O)c1ccc(Cl)cc1Cl)c1ccco1. The predicted octanol–water partition coefficient (Wildman–Crippen LogP) is 3.22. The second-order valence-electron chi connectivity index (χ2n) is 4.56. The number of halogens is 2. The van der Waals surface area contributed by atoms with Crippen LogP contribution < -0.4 is 5.32 Å². The van der Waals surface area contributed by atoms with Gasteiger partial charge in [0.2, 0.25) is 0 Å². The molecule has 1 heterocycles. The number of aliphatic hydroxyl groups is 1. The van der Waals surface area contributed by atoms with Crippen LogP contribution in [0.25, 0.3) is 0 Å². The summed E-state index contributed by atoms with van der Waals surface area (Å²) in [4.78, 5) is 12.0. The molecule has 0 bridgehead atoms. The lowest BCUT2D eigenvalue weighted by atomic mass is 10.0. The topological polar surface area (TPSA) is 62.5 Å². The third-order valence-electron chi connectivity index (χ3n) is 2.82. The molecule has 1 amide bonds. The van der Waals surface area contributed by atoms with Crippen molar-refractivity contribution in [2.75, 3.05) is 6.54 Å². The number of benzene rings is 1. The fourth-order valence-corrected chi connectivity index (χ4v) is 2.19. The molecule has 0 radical (unpaired) electrons. The lowest BCUT2D eigenvalue weighted by Crippen LogP contribution is -2.38. The molecule has 0 aliphatic heterocycles. The maximum Gasteiger partial charge on any atom is 0.252 e. The van der Waals surface area contributed by atoms with Gasteiger partial charge in [-0.3, -0.25) is 4.79 Å². The number of nitrogens with one attached hydrogen (secondary N) is 1. The van der Waals surface area contributed by atoms with Crippen LogP contribution in [-0.2, 0) is 5.60 Å². The van der Waals surface area contributed by atoms with E-state index in [0.717, 1.165) is 0 Å². The number of hydrogen-bond acceptors (Lipinski definition) is 3. The number of hydrogen-bond donors (Lipinski definition) is 2. The van der Waals surface area contributed by atoms with E-state index < -0.39 is 11.5 Å². The van der Waals surface area contributed by atoms with Crippen LogP contribution in [0.1, 0.15) is 23.0 Å². The van der Waals surface area contributed by atoms with Gasteiger partial charge in [-0.25, -0.2) is 0 Å². The minimum Gasteiger partial charge on any atom is -0.466 e. The molecule has 1 atom stereocenters. The second-order valence-corrected chi connectivity index (χ2v) is 5.40. The zero-order valence-corrected chi connectivity index (χ0v) is 12.2. The molecule has 0 saturated carbocycles. The van der Waals surface area contributed by atoms with Gasteiger partial charge in [-0.15, -0.1) is 0 Å². The summed E-state index contributed by atoms with van der Waals surface area (Å²) in [7, 11) is 0. The first kappa shape index (κ1) is 14.9. The van der Waals surface area contributed by atoms with Crippen LogP contribution in [0.2, 0.25) is 10.0 Å². The molecule has 1 aromatic heterocycles. The molecule has 0 saturated heterocycles. The van der Waals surface area contributed by atoms with Crippen LogP contribution >= 0.6 is 23.2 Å². The van der Waals surface area contributed by atoms with Crippen LogP contribution in [0.15, 0.2) is 41.0 Å². The molecule has 106 valence electrons. The molecule has 20 heavy (non-hydrogen) atoms. The van der Waals surface area contributed by atoms with E-state index in [1.165, 1.54) is 18.4 Å². The van der Waals surface area contributed by atoms with Crippen molar-refractivity contribution < 1.29 is 14.3 Å². The molecule has 0 aliphatic rings. The first-order chi connectivity index (χ1) is 9.40. The molecule has 1 unspecified atom stereocenters. The Morgan fingerprint density at radius 1 is 1.40 bits per heavy atom. The van der Waals surface area contributed by atoms with Gasteiger partial charge in [-0.1, -0.05) is 23.2 Å². The number of furan rings is 1. The van der Waals surface area contributed by atoms with Crippen molar-refractivity contribution in [1.29, 1.82) is 0 Å². The zero-order chi connectivity index (χ0) is 14.8. The number of amides is 1. The number of rotatable bonds is 4. The Balaban J connectivity index is 2.05. The van der Waals surface area contributed by atoms with Gasteiger partial charge in [0.15, 0.2) is 0 Å². The fraction of sp³-hybridized carbons (Fsp3) is 0.214. The van der Waals surface area contributed by atoms with Crippen LogP contribution in [0.3, 0.4) is 0 Å². The highest BCUT2D eigenvalue weighted by molar-refractivity contribution is 6.36. The quantitative estimate of drug-likeness (QED) is 0.911. The van der Waals surface area contributed by atoms with E-state index in [1.807, 2.05) is 0 Å². The van der Waals surface area contributed by atoms with Gasteiger partial charge >= 0.3 is 0 Å². The third kappa shape index (κ3) is 3.33. The molecule has 0 aliphatic carbocycles. The minimum atomic E-state index is -1.29. The Morgan fingerprint density at radius 3 is 2.75 bits per heavy atom. The molecule has 6 heteroatoms. The largest absolute Gasteiger partial charge is 0.466 e. The van der Waals surface area contributed by atoms with Gasteiger partial charge in [0.25, 0.3) is 5.91 Å². The maximum absolute atomic E-state index is 12.0. The average molecular weight is 314 g/mol. The molecule has 2 aromatic rings. The van der Waals surface area contributed by atoms with Gasteiger partial charge in [0.05, 0.1) is 23.4 Å². The van der Waals surface area contributed by atoms with Crippen molar-refractivity contribution in [3.63, 3.8) is 0 Å². The molecule has 4 nitrogen and oxygen atoms in total. The van der Waals surface area contributed by atoms with E-state index in [0.29, 0.717) is 16.3 Å². The van der Waals surface area contributed by atoms with E-state index in [4.69, 9.17) is 27.6 Å². The van der Waals surface area contributed by atoms with Crippen LogP contribution in [0, 0.1) is 0 Å². The van der Waals surface area contributed by atoms with Crippen molar-refractivity contribution in [2.24, 2.45) is 0 Å². The smallest absolute Gasteiger partial charge is 0.252 e. The normalized spacial score (nSPS) is 13.8. The second kappa shape index (κ2) is 5.87. The van der Waals surface area contributed by atoms with Crippen LogP contribution in [0.4, 0.5) is 0 Å². The molecule has 2 N–H and O–H groups in total. The lowest BCUT2D eigenvalue weighted by molar-refractivity contribution is 0.0330. The van der Waals surface area contributed by atoms with Gasteiger partial charge in [-0.2, -0.15) is 0 Å². The molecule has 2 rings (SSSR count). The van der Waals surface area contributed by atoms with Crippen molar-refractivity contribution in [3.8, 4) is 0 Å². The average Bonchev–Trinajstić information content (AvgIpc) is 2.90. The maximum atomic E-state index is 12.0. The van der Waals surface area contributed by atoms with E-state index in [2.05, 4.69) is 5.32 Å². The summed E-state index contributed by atoms with van der Waals surface area (Å²) in [5.41, 5.74) is -0.996. The Morgan fingerprint density at radius 2 is 2.15 bits per heavy atom. The Bertz CT molecular complexity index is 609. The van der Waals surface area contributed by atoms with E-state index in [-0.39, 0.29) is 11.6 Å². The Hall–Kier alpha value is -1.49. The molecule has 0 spiro atoms. The first-order valence-corrected chi connectivity index (χ1v) is 6.65. The van der Waals surface area contributed by atoms with Crippen molar-refractivity contribution in [2.45, 2.75) is 12.5 Å². The van der Waals surface area contributed by atoms with E-state index in [1.54, 1.807) is 25.1 Å². The highest BCUT2D eigenvalue weighted by Crippen LogP contribution is 2.22. The summed E-state index contributed by atoms with van der Waals surface area (Å²) in [6.07, 6.45) is 1.46. The third-order valence-corrected chi connectivity index (χ3v) is 3.37. The predicted molar refractivity (Wildman–Crippen MR) is 77.1 cm³/mol. The molecule has 1 aromatic carbocycles. The summed E-state index contributed by atoms with van der Waals surface area (Å²) in [5.74, 6) is -0.0153. The summed E-state index contributed by atoms with van der Waals surface area (Å²) < 4.78 is 5.13. The molecular formula is C14H13Cl2NO3. The van der Waals surface area contributed by atoms with Gasteiger partial charge < -0.3 is 14.8 Å². The van der Waals surface area contributed by atoms with Gasteiger partial charge in [-0.05, 0) is 37.3 Å². The zero-order valence-electron chi connectivity index (χ0n) is 10.7. The Labute approximate surface area is 126 Å². The highest BCUT2D eigenvalue weighted by Gasteiger charge is 2.27. The van der Waals surface area contributed by atoms with Crippen molar-refractivity contribution in [1.82, 2.24) is 5.32 Å². The van der Waals surface area contributed by atoms with Gasteiger partial charge in [0.1, 0.15) is 11.4 Å². The monoisotopic (exact) mass is 313 g/mol. The molecular weight excluding hydrogens is 301 g/mol. The van der Waals surface area contributed by atoms with Crippen molar-refractivity contribution in [3.05, 3.63) is 58.0 Å². The van der Waals surface area contributed by atoms with Gasteiger partial charge in [0, 0.05) is 5.02 Å². The summed E-state index contributed by atoms with van der Waals surface area (Å²) in [6.45, 7) is 1.55. The summed E-state index contributed by atoms with van der Waals surface area (Å²) >= 11 is 11.7. The lowest BCUT2D eigenvalue weighted by Gasteiger charge is -2.21. The standard InChI is InChI=1S/C14H13Cl2NO3/c1-14(19,12-3-2-6-20-12)8-17-13(18)10-5-4-9(15)7-11(10)16/h2-7,19H,8H2,1H3,(H,17,18). The summed E-state index contributed by atoms with van der Waals surface area (Å²) in [5, 5.41) is 13.5. The first-order valence-electron chi connectivity index (χ1n) is 5.90. The fourth-order valence-electron chi connectivity index (χ4n) is 1.69. The van der Waals surface area contributed by atoms with E-state index in [9.17, 15) is 9.90 Å². The summed E-state index contributed by atoms with van der Waals surface area (Å²) in [6, 6.07) is 7.90. The Kier molecular flexibility index (Phi) is 4.38. The molecule has 0 fully saturated rings. The highest BCUT2D eigenvalue weighted by atomic mass is 35.5. The number of carbonyl (C=O) groups is 1. The number of carbonyl (C=O) groups excluding carboxylic acids is 1. The minimum absolute atomic E-state index is 0.00168. The van der Waals surface area contributed by atoms with E-state index >= 15 is 0 Å². The van der Waals surface area contributed by atoms with Crippen molar-refractivity contribution >= 4 is 29.1 Å².